The van der Waals surface area contributed by atoms with Crippen molar-refractivity contribution in [3.8, 4) is 5.75 Å². The van der Waals surface area contributed by atoms with Gasteiger partial charge in [0.25, 0.3) is 0 Å². The summed E-state index contributed by atoms with van der Waals surface area (Å²) >= 11 is 1.59. The quantitative estimate of drug-likeness (QED) is 0.775. The van der Waals surface area contributed by atoms with E-state index >= 15 is 0 Å². The van der Waals surface area contributed by atoms with Crippen LogP contribution in [0.1, 0.15) is 37.1 Å². The van der Waals surface area contributed by atoms with Crippen molar-refractivity contribution in [2.45, 2.75) is 31.6 Å². The molecule has 0 aromatic heterocycles. The van der Waals surface area contributed by atoms with Gasteiger partial charge in [0.05, 0.1) is 18.0 Å². The highest BCUT2D eigenvalue weighted by Gasteiger charge is 2.35. The zero-order valence-electron chi connectivity index (χ0n) is 15.9. The summed E-state index contributed by atoms with van der Waals surface area (Å²) in [5, 5.41) is 2.89. The number of ether oxygens (including phenoxy) is 1. The summed E-state index contributed by atoms with van der Waals surface area (Å²) in [6.45, 7) is 2.47. The van der Waals surface area contributed by atoms with Gasteiger partial charge in [0.2, 0.25) is 11.8 Å². The second kappa shape index (κ2) is 8.27. The fourth-order valence-corrected chi connectivity index (χ4v) is 4.71. The first kappa shape index (κ1) is 18.9. The lowest BCUT2D eigenvalue weighted by Crippen LogP contribution is -2.29. The molecule has 1 heterocycles. The fraction of sp³-hybridized carbons (Fsp3) is 0.364. The zero-order chi connectivity index (χ0) is 19.5. The van der Waals surface area contributed by atoms with Gasteiger partial charge in [-0.05, 0) is 49.6 Å². The van der Waals surface area contributed by atoms with E-state index < -0.39 is 0 Å². The van der Waals surface area contributed by atoms with E-state index in [1.54, 1.807) is 11.8 Å². The SMILES string of the molecule is CCOc1ccccc1N1C(=O)CSC1c1cccc(NC(=O)C2CCC2)c1. The number of amides is 2. The van der Waals surface area contributed by atoms with Crippen molar-refractivity contribution < 1.29 is 14.3 Å². The van der Waals surface area contributed by atoms with E-state index in [2.05, 4.69) is 5.32 Å². The largest absolute Gasteiger partial charge is 0.492 e. The van der Waals surface area contributed by atoms with Crippen molar-refractivity contribution in [2.24, 2.45) is 5.92 Å². The molecule has 2 aromatic carbocycles. The molecule has 2 fully saturated rings. The van der Waals surface area contributed by atoms with Crippen molar-refractivity contribution in [1.82, 2.24) is 0 Å². The molecule has 0 spiro atoms. The number of benzene rings is 2. The molecule has 5 nitrogen and oxygen atoms in total. The Balaban J connectivity index is 1.60. The summed E-state index contributed by atoms with van der Waals surface area (Å²) in [6.07, 6.45) is 3.08. The molecule has 6 heteroatoms. The van der Waals surface area contributed by atoms with Gasteiger partial charge in [-0.2, -0.15) is 0 Å². The first-order chi connectivity index (χ1) is 13.7. The molecule has 1 N–H and O–H groups in total. The number of nitrogens with zero attached hydrogens (tertiary/aromatic N) is 1. The molecule has 4 rings (SSSR count). The van der Waals surface area contributed by atoms with Gasteiger partial charge in [-0.15, -0.1) is 11.8 Å². The number of thioether (sulfide) groups is 1. The summed E-state index contributed by atoms with van der Waals surface area (Å²) < 4.78 is 5.74. The van der Waals surface area contributed by atoms with Gasteiger partial charge >= 0.3 is 0 Å². The summed E-state index contributed by atoms with van der Waals surface area (Å²) in [5.41, 5.74) is 2.56. The minimum absolute atomic E-state index is 0.0612. The first-order valence-corrected chi connectivity index (χ1v) is 10.8. The predicted octanol–water partition coefficient (Wildman–Crippen LogP) is 4.60. The van der Waals surface area contributed by atoms with Crippen LogP contribution in [0.4, 0.5) is 11.4 Å². The number of anilines is 2. The van der Waals surface area contributed by atoms with E-state index in [0.29, 0.717) is 18.1 Å². The molecule has 2 amide bonds. The number of hydrogen-bond donors (Lipinski definition) is 1. The molecule has 1 aliphatic heterocycles. The van der Waals surface area contributed by atoms with Crippen LogP contribution in [0.3, 0.4) is 0 Å². The fourth-order valence-electron chi connectivity index (χ4n) is 3.55. The maximum Gasteiger partial charge on any atom is 0.238 e. The van der Waals surface area contributed by atoms with Crippen LogP contribution < -0.4 is 15.0 Å². The van der Waals surface area contributed by atoms with E-state index in [0.717, 1.165) is 36.2 Å². The molecule has 0 bridgehead atoms. The van der Waals surface area contributed by atoms with E-state index in [-0.39, 0.29) is 23.1 Å². The van der Waals surface area contributed by atoms with Crippen LogP contribution in [-0.2, 0) is 9.59 Å². The Kier molecular flexibility index (Phi) is 5.57. The second-order valence-electron chi connectivity index (χ2n) is 7.07. The third-order valence-corrected chi connectivity index (χ3v) is 6.42. The normalized spacial score (nSPS) is 19.4. The number of rotatable bonds is 6. The molecular formula is C22H24N2O3S. The number of carbonyl (C=O) groups is 2. The molecule has 0 radical (unpaired) electrons. The van der Waals surface area contributed by atoms with Crippen molar-refractivity contribution in [3.63, 3.8) is 0 Å². The lowest BCUT2D eigenvalue weighted by Gasteiger charge is -2.27. The topological polar surface area (TPSA) is 58.6 Å². The Morgan fingerprint density at radius 2 is 2.04 bits per heavy atom. The zero-order valence-corrected chi connectivity index (χ0v) is 16.7. The van der Waals surface area contributed by atoms with Crippen LogP contribution in [0.25, 0.3) is 0 Å². The summed E-state index contributed by atoms with van der Waals surface area (Å²) in [6, 6.07) is 15.5. The highest BCUT2D eigenvalue weighted by molar-refractivity contribution is 8.00. The van der Waals surface area contributed by atoms with Gasteiger partial charge in [-0.3, -0.25) is 14.5 Å². The standard InChI is InChI=1S/C22H24N2O3S/c1-2-27-19-12-4-3-11-18(19)24-20(25)14-28-22(24)16-9-6-10-17(13-16)23-21(26)15-7-5-8-15/h3-4,6,9-13,15,22H,2,5,7-8,14H2,1H3,(H,23,26). The number of para-hydroxylation sites is 2. The highest BCUT2D eigenvalue weighted by Crippen LogP contribution is 2.45. The van der Waals surface area contributed by atoms with Gasteiger partial charge in [0, 0.05) is 11.6 Å². The molecule has 1 atom stereocenters. The molecule has 1 unspecified atom stereocenters. The van der Waals surface area contributed by atoms with Crippen LogP contribution in [-0.4, -0.2) is 24.2 Å². The first-order valence-electron chi connectivity index (χ1n) is 9.73. The van der Waals surface area contributed by atoms with Crippen LogP contribution in [0.2, 0.25) is 0 Å². The van der Waals surface area contributed by atoms with Crippen LogP contribution >= 0.6 is 11.8 Å². The van der Waals surface area contributed by atoms with Crippen LogP contribution in [0.15, 0.2) is 48.5 Å². The maximum atomic E-state index is 12.7. The van der Waals surface area contributed by atoms with Gasteiger partial charge in [0.1, 0.15) is 11.1 Å². The van der Waals surface area contributed by atoms with Crippen LogP contribution in [0, 0.1) is 5.92 Å². The van der Waals surface area contributed by atoms with E-state index in [4.69, 9.17) is 4.74 Å². The number of carbonyl (C=O) groups excluding carboxylic acids is 2. The molecular weight excluding hydrogens is 372 g/mol. The Bertz CT molecular complexity index is 882. The lowest BCUT2D eigenvalue weighted by molar-refractivity contribution is -0.122. The molecule has 2 aliphatic rings. The van der Waals surface area contributed by atoms with Gasteiger partial charge in [-0.25, -0.2) is 0 Å². The monoisotopic (exact) mass is 396 g/mol. The average molecular weight is 397 g/mol. The van der Waals surface area contributed by atoms with Gasteiger partial charge in [-0.1, -0.05) is 30.7 Å². The van der Waals surface area contributed by atoms with Gasteiger partial charge in [0.15, 0.2) is 0 Å². The van der Waals surface area contributed by atoms with Gasteiger partial charge < -0.3 is 10.1 Å². The Labute approximate surface area is 169 Å². The predicted molar refractivity (Wildman–Crippen MR) is 113 cm³/mol. The number of hydrogen-bond acceptors (Lipinski definition) is 4. The Morgan fingerprint density at radius 1 is 1.21 bits per heavy atom. The van der Waals surface area contributed by atoms with Crippen molar-refractivity contribution in [3.05, 3.63) is 54.1 Å². The van der Waals surface area contributed by atoms with Crippen molar-refractivity contribution >= 4 is 35.0 Å². The average Bonchev–Trinajstić information content (AvgIpc) is 3.02. The smallest absolute Gasteiger partial charge is 0.238 e. The second-order valence-corrected chi connectivity index (χ2v) is 8.14. The molecule has 1 aliphatic carbocycles. The highest BCUT2D eigenvalue weighted by atomic mass is 32.2. The molecule has 28 heavy (non-hydrogen) atoms. The third kappa shape index (κ3) is 3.74. The molecule has 1 saturated heterocycles. The summed E-state index contributed by atoms with van der Waals surface area (Å²) in [7, 11) is 0. The van der Waals surface area contributed by atoms with Crippen LogP contribution in [0.5, 0.6) is 5.75 Å². The number of nitrogens with one attached hydrogen (secondary N) is 1. The molecule has 1 saturated carbocycles. The Morgan fingerprint density at radius 3 is 2.79 bits per heavy atom. The van der Waals surface area contributed by atoms with E-state index in [1.807, 2.05) is 60.4 Å². The van der Waals surface area contributed by atoms with E-state index in [9.17, 15) is 9.59 Å². The molecule has 146 valence electrons. The lowest BCUT2D eigenvalue weighted by atomic mass is 9.85. The minimum atomic E-state index is -0.144. The summed E-state index contributed by atoms with van der Waals surface area (Å²) in [4.78, 5) is 26.8. The third-order valence-electron chi connectivity index (χ3n) is 5.21. The maximum absolute atomic E-state index is 12.7. The van der Waals surface area contributed by atoms with Crippen molar-refractivity contribution in [1.29, 1.82) is 0 Å². The Hall–Kier alpha value is -2.47. The van der Waals surface area contributed by atoms with Crippen molar-refractivity contribution in [2.75, 3.05) is 22.6 Å². The summed E-state index contributed by atoms with van der Waals surface area (Å²) in [5.74, 6) is 1.42. The minimum Gasteiger partial charge on any atom is -0.492 e. The van der Waals surface area contributed by atoms with E-state index in [1.165, 1.54) is 0 Å². The molecule has 2 aromatic rings.